The van der Waals surface area contributed by atoms with Gasteiger partial charge in [-0.3, -0.25) is 4.79 Å². The van der Waals surface area contributed by atoms with Gasteiger partial charge >= 0.3 is 0 Å². The molecule has 110 valence electrons. The second-order valence-electron chi connectivity index (χ2n) is 6.25. The first-order valence-corrected chi connectivity index (χ1v) is 7.93. The number of hydrogen-bond acceptors (Lipinski definition) is 3. The Morgan fingerprint density at radius 1 is 1.21 bits per heavy atom. The fourth-order valence-corrected chi connectivity index (χ4v) is 3.34. The highest BCUT2D eigenvalue weighted by Gasteiger charge is 2.24. The van der Waals surface area contributed by atoms with Gasteiger partial charge in [0.05, 0.1) is 6.04 Å². The summed E-state index contributed by atoms with van der Waals surface area (Å²) in [6.07, 6.45) is 7.76. The van der Waals surface area contributed by atoms with Crippen molar-refractivity contribution in [1.82, 2.24) is 9.80 Å². The summed E-state index contributed by atoms with van der Waals surface area (Å²) >= 11 is 0. The smallest absolute Gasteiger partial charge is 0.239 e. The van der Waals surface area contributed by atoms with Gasteiger partial charge in [-0.25, -0.2) is 0 Å². The maximum atomic E-state index is 11.8. The molecule has 2 fully saturated rings. The average Bonchev–Trinajstić information content (AvgIpc) is 2.92. The van der Waals surface area contributed by atoms with E-state index in [2.05, 4.69) is 4.90 Å². The van der Waals surface area contributed by atoms with E-state index >= 15 is 0 Å². The third-order valence-corrected chi connectivity index (χ3v) is 4.60. The molecule has 0 aromatic heterocycles. The van der Waals surface area contributed by atoms with Crippen molar-refractivity contribution in [2.24, 2.45) is 11.7 Å². The van der Waals surface area contributed by atoms with Gasteiger partial charge in [-0.15, -0.1) is 0 Å². The summed E-state index contributed by atoms with van der Waals surface area (Å²) in [7, 11) is 0. The molecule has 2 N–H and O–H groups in total. The lowest BCUT2D eigenvalue weighted by Gasteiger charge is -2.33. The third kappa shape index (κ3) is 4.46. The molecule has 0 aromatic carbocycles. The number of piperidine rings is 1. The fraction of sp³-hybridized carbons (Fsp3) is 0.933. The fourth-order valence-electron chi connectivity index (χ4n) is 3.34. The second kappa shape index (κ2) is 7.25. The largest absolute Gasteiger partial charge is 0.341 e. The quantitative estimate of drug-likeness (QED) is 0.820. The van der Waals surface area contributed by atoms with Crippen LogP contribution in [0.3, 0.4) is 0 Å². The van der Waals surface area contributed by atoms with Gasteiger partial charge in [0.25, 0.3) is 0 Å². The van der Waals surface area contributed by atoms with Crippen LogP contribution < -0.4 is 5.73 Å². The molecule has 19 heavy (non-hydrogen) atoms. The molecule has 4 heteroatoms. The van der Waals surface area contributed by atoms with Gasteiger partial charge in [0, 0.05) is 13.1 Å². The van der Waals surface area contributed by atoms with Crippen molar-refractivity contribution in [2.45, 2.75) is 51.5 Å². The van der Waals surface area contributed by atoms with E-state index in [1.54, 1.807) is 6.92 Å². The Hall–Kier alpha value is -0.610. The Morgan fingerprint density at radius 3 is 2.42 bits per heavy atom. The van der Waals surface area contributed by atoms with E-state index in [0.29, 0.717) is 0 Å². The van der Waals surface area contributed by atoms with Crippen molar-refractivity contribution in [1.29, 1.82) is 0 Å². The Bertz CT molecular complexity index is 279. The van der Waals surface area contributed by atoms with Gasteiger partial charge in [0.15, 0.2) is 0 Å². The van der Waals surface area contributed by atoms with Crippen molar-refractivity contribution in [3.63, 3.8) is 0 Å². The molecular formula is C15H29N3O. The number of carbonyl (C=O) groups excluding carboxylic acids is 1. The first-order chi connectivity index (χ1) is 9.16. The number of rotatable bonds is 5. The minimum atomic E-state index is -0.341. The average molecular weight is 267 g/mol. The van der Waals surface area contributed by atoms with Gasteiger partial charge in [0.1, 0.15) is 0 Å². The van der Waals surface area contributed by atoms with E-state index in [0.717, 1.165) is 19.0 Å². The normalized spacial score (nSPS) is 23.8. The molecule has 2 heterocycles. The van der Waals surface area contributed by atoms with Gasteiger partial charge in [-0.05, 0) is 71.0 Å². The lowest BCUT2D eigenvalue weighted by molar-refractivity contribution is -0.133. The Labute approximate surface area is 117 Å². The molecule has 2 saturated heterocycles. The number of amides is 1. The van der Waals surface area contributed by atoms with Crippen LogP contribution in [0.4, 0.5) is 0 Å². The van der Waals surface area contributed by atoms with Crippen LogP contribution in [0.5, 0.6) is 0 Å². The molecule has 0 saturated carbocycles. The van der Waals surface area contributed by atoms with Crippen molar-refractivity contribution in [2.75, 3.05) is 32.7 Å². The predicted molar refractivity (Wildman–Crippen MR) is 77.9 cm³/mol. The van der Waals surface area contributed by atoms with E-state index in [4.69, 9.17) is 5.73 Å². The first kappa shape index (κ1) is 14.8. The number of likely N-dealkylation sites (tertiary alicyclic amines) is 2. The minimum Gasteiger partial charge on any atom is -0.341 e. The Kier molecular flexibility index (Phi) is 5.64. The first-order valence-electron chi connectivity index (χ1n) is 7.93. The number of nitrogens with two attached hydrogens (primary N) is 1. The van der Waals surface area contributed by atoms with Crippen molar-refractivity contribution in [3.05, 3.63) is 0 Å². The van der Waals surface area contributed by atoms with Gasteiger partial charge in [0.2, 0.25) is 5.91 Å². The van der Waals surface area contributed by atoms with E-state index in [1.807, 2.05) is 4.90 Å². The van der Waals surface area contributed by atoms with Crippen LogP contribution in [0.15, 0.2) is 0 Å². The summed E-state index contributed by atoms with van der Waals surface area (Å²) in [6.45, 7) is 7.50. The van der Waals surface area contributed by atoms with Gasteiger partial charge in [-0.2, -0.15) is 0 Å². The maximum absolute atomic E-state index is 11.8. The molecule has 0 bridgehead atoms. The SMILES string of the molecule is CC(N)C(=O)N1CCC(CCCN2CCCC2)CC1. The predicted octanol–water partition coefficient (Wildman–Crippen LogP) is 1.45. The zero-order chi connectivity index (χ0) is 13.7. The topological polar surface area (TPSA) is 49.6 Å². The third-order valence-electron chi connectivity index (χ3n) is 4.60. The molecule has 0 aliphatic carbocycles. The summed E-state index contributed by atoms with van der Waals surface area (Å²) in [5, 5.41) is 0. The summed E-state index contributed by atoms with van der Waals surface area (Å²) in [6, 6.07) is -0.341. The number of hydrogen-bond donors (Lipinski definition) is 1. The van der Waals surface area contributed by atoms with Crippen LogP contribution in [0.25, 0.3) is 0 Å². The van der Waals surface area contributed by atoms with E-state index < -0.39 is 0 Å². The molecular weight excluding hydrogens is 238 g/mol. The molecule has 2 aliphatic heterocycles. The van der Waals surface area contributed by atoms with Crippen LogP contribution in [0.1, 0.15) is 45.4 Å². The highest BCUT2D eigenvalue weighted by Crippen LogP contribution is 2.22. The summed E-state index contributed by atoms with van der Waals surface area (Å²) < 4.78 is 0. The maximum Gasteiger partial charge on any atom is 0.239 e. The zero-order valence-electron chi connectivity index (χ0n) is 12.3. The van der Waals surface area contributed by atoms with E-state index in [1.165, 1.54) is 58.2 Å². The monoisotopic (exact) mass is 267 g/mol. The van der Waals surface area contributed by atoms with Gasteiger partial charge < -0.3 is 15.5 Å². The lowest BCUT2D eigenvalue weighted by atomic mass is 9.92. The van der Waals surface area contributed by atoms with E-state index in [-0.39, 0.29) is 11.9 Å². The van der Waals surface area contributed by atoms with Crippen LogP contribution in [-0.2, 0) is 4.79 Å². The minimum absolute atomic E-state index is 0.121. The van der Waals surface area contributed by atoms with Crippen molar-refractivity contribution >= 4 is 5.91 Å². The van der Waals surface area contributed by atoms with E-state index in [9.17, 15) is 4.79 Å². The van der Waals surface area contributed by atoms with Crippen LogP contribution in [0, 0.1) is 5.92 Å². The van der Waals surface area contributed by atoms with Crippen LogP contribution >= 0.6 is 0 Å². The number of carbonyl (C=O) groups is 1. The standard InChI is InChI=1S/C15H29N3O/c1-13(16)15(19)18-11-6-14(7-12-18)5-4-10-17-8-2-3-9-17/h13-14H,2-12,16H2,1H3. The summed E-state index contributed by atoms with van der Waals surface area (Å²) in [5.74, 6) is 0.940. The molecule has 0 spiro atoms. The van der Waals surface area contributed by atoms with Crippen LogP contribution in [-0.4, -0.2) is 54.5 Å². The molecule has 2 aliphatic rings. The van der Waals surface area contributed by atoms with Gasteiger partial charge in [-0.1, -0.05) is 0 Å². The Balaban J connectivity index is 1.59. The molecule has 0 radical (unpaired) electrons. The molecule has 1 amide bonds. The summed E-state index contributed by atoms with van der Waals surface area (Å²) in [5.41, 5.74) is 5.65. The lowest BCUT2D eigenvalue weighted by Crippen LogP contribution is -2.45. The number of nitrogens with zero attached hydrogens (tertiary/aromatic N) is 2. The Morgan fingerprint density at radius 2 is 1.84 bits per heavy atom. The second-order valence-corrected chi connectivity index (χ2v) is 6.25. The summed E-state index contributed by atoms with van der Waals surface area (Å²) in [4.78, 5) is 16.3. The van der Waals surface area contributed by atoms with Crippen molar-refractivity contribution in [3.8, 4) is 0 Å². The highest BCUT2D eigenvalue weighted by molar-refractivity contribution is 5.81. The zero-order valence-corrected chi connectivity index (χ0v) is 12.3. The molecule has 1 atom stereocenters. The molecule has 1 unspecified atom stereocenters. The molecule has 2 rings (SSSR count). The highest BCUT2D eigenvalue weighted by atomic mass is 16.2. The van der Waals surface area contributed by atoms with Crippen molar-refractivity contribution < 1.29 is 4.79 Å². The van der Waals surface area contributed by atoms with Crippen LogP contribution in [0.2, 0.25) is 0 Å². The molecule has 0 aromatic rings. The molecule has 4 nitrogen and oxygen atoms in total.